The highest BCUT2D eigenvalue weighted by Gasteiger charge is 2.33. The van der Waals surface area contributed by atoms with Crippen LogP contribution in [0.5, 0.6) is 0 Å². The molecule has 0 atom stereocenters. The van der Waals surface area contributed by atoms with Gasteiger partial charge in [0.15, 0.2) is 0 Å². The topological polar surface area (TPSA) is 58.4 Å². The summed E-state index contributed by atoms with van der Waals surface area (Å²) in [5, 5.41) is 2.75. The Balaban J connectivity index is 2.19. The third-order valence-electron chi connectivity index (χ3n) is 3.89. The minimum atomic E-state index is -4.48. The molecule has 0 radical (unpaired) electrons. The van der Waals surface area contributed by atoms with Crippen LogP contribution in [-0.4, -0.2) is 19.0 Å². The zero-order valence-corrected chi connectivity index (χ0v) is 12.7. The molecule has 3 N–H and O–H groups in total. The molecule has 0 fully saturated rings. The molecule has 0 saturated carbocycles. The van der Waals surface area contributed by atoms with Crippen molar-refractivity contribution in [1.82, 2.24) is 0 Å². The highest BCUT2D eigenvalue weighted by Crippen LogP contribution is 2.40. The predicted molar refractivity (Wildman–Crippen MR) is 86.5 cm³/mol. The lowest BCUT2D eigenvalue weighted by atomic mass is 10.1. The molecule has 24 heavy (non-hydrogen) atoms. The number of nitrogens with two attached hydrogens (primary N) is 1. The Morgan fingerprint density at radius 1 is 1.08 bits per heavy atom. The van der Waals surface area contributed by atoms with E-state index in [0.29, 0.717) is 30.9 Å². The molecule has 0 aliphatic carbocycles. The van der Waals surface area contributed by atoms with Gasteiger partial charge in [-0.05, 0) is 43.3 Å². The summed E-state index contributed by atoms with van der Waals surface area (Å²) in [7, 11) is 0. The summed E-state index contributed by atoms with van der Waals surface area (Å²) in [5.41, 5.74) is 6.43. The number of alkyl halides is 3. The van der Waals surface area contributed by atoms with Gasteiger partial charge < -0.3 is 16.0 Å². The fraction of sp³-hybridized carbons (Fsp3) is 0.235. The number of carbonyl (C=O) groups excluding carboxylic acids is 1. The van der Waals surface area contributed by atoms with E-state index in [4.69, 9.17) is 5.73 Å². The van der Waals surface area contributed by atoms with E-state index in [-0.39, 0.29) is 11.3 Å². The maximum atomic E-state index is 13.1. The maximum Gasteiger partial charge on any atom is 0.416 e. The zero-order valence-electron chi connectivity index (χ0n) is 12.7. The van der Waals surface area contributed by atoms with E-state index in [1.165, 1.54) is 6.07 Å². The van der Waals surface area contributed by atoms with E-state index < -0.39 is 17.6 Å². The van der Waals surface area contributed by atoms with Crippen molar-refractivity contribution in [3.63, 3.8) is 0 Å². The molecule has 0 aromatic heterocycles. The Kier molecular flexibility index (Phi) is 4.19. The number of benzene rings is 2. The van der Waals surface area contributed by atoms with E-state index in [0.717, 1.165) is 12.1 Å². The second-order valence-electron chi connectivity index (χ2n) is 5.49. The van der Waals surface area contributed by atoms with Gasteiger partial charge in [-0.25, -0.2) is 0 Å². The third kappa shape index (κ3) is 2.94. The van der Waals surface area contributed by atoms with Crippen LogP contribution >= 0.6 is 0 Å². The van der Waals surface area contributed by atoms with Gasteiger partial charge >= 0.3 is 6.18 Å². The summed E-state index contributed by atoms with van der Waals surface area (Å²) in [5.74, 6) is -0.429. The summed E-state index contributed by atoms with van der Waals surface area (Å²) in [4.78, 5) is 14.1. The van der Waals surface area contributed by atoms with Crippen molar-refractivity contribution in [3.05, 3.63) is 53.6 Å². The van der Waals surface area contributed by atoms with Crippen LogP contribution in [0.4, 0.5) is 30.2 Å². The fourth-order valence-electron chi connectivity index (χ4n) is 2.75. The lowest BCUT2D eigenvalue weighted by molar-refractivity contribution is -0.137. The molecule has 0 unspecified atom stereocenters. The average Bonchev–Trinajstić information content (AvgIpc) is 2.66. The molecule has 4 nitrogen and oxygen atoms in total. The van der Waals surface area contributed by atoms with Crippen molar-refractivity contribution in [3.8, 4) is 0 Å². The van der Waals surface area contributed by atoms with Gasteiger partial charge in [0.1, 0.15) is 0 Å². The standard InChI is InChI=1S/C17H16F3N3O/c18-17(19,20)11-6-7-12-15(10-11)23(9-3-8-21)14-5-2-1-4-13(14)22-16(12)24/h1-2,4-7,10H,3,8-9,21H2,(H,22,24). The smallest absolute Gasteiger partial charge is 0.339 e. The number of hydrogen-bond acceptors (Lipinski definition) is 3. The number of nitrogens with zero attached hydrogens (tertiary/aromatic N) is 1. The van der Waals surface area contributed by atoms with Crippen molar-refractivity contribution in [2.75, 3.05) is 23.3 Å². The lowest BCUT2D eigenvalue weighted by Crippen LogP contribution is -2.22. The first-order valence-corrected chi connectivity index (χ1v) is 7.51. The predicted octanol–water partition coefficient (Wildman–Crippen LogP) is 3.76. The molecule has 0 bridgehead atoms. The fourth-order valence-corrected chi connectivity index (χ4v) is 2.75. The molecular weight excluding hydrogens is 319 g/mol. The summed E-state index contributed by atoms with van der Waals surface area (Å²) >= 11 is 0. The number of hydrogen-bond donors (Lipinski definition) is 2. The van der Waals surface area contributed by atoms with Gasteiger partial charge in [0.05, 0.1) is 28.2 Å². The first-order chi connectivity index (χ1) is 11.4. The average molecular weight is 335 g/mol. The first-order valence-electron chi connectivity index (χ1n) is 7.51. The number of rotatable bonds is 3. The molecule has 3 rings (SSSR count). The van der Waals surface area contributed by atoms with Gasteiger partial charge in [0.2, 0.25) is 0 Å². The molecule has 1 heterocycles. The molecule has 1 aliphatic rings. The van der Waals surface area contributed by atoms with Crippen LogP contribution in [0.2, 0.25) is 0 Å². The number of anilines is 3. The van der Waals surface area contributed by atoms with E-state index >= 15 is 0 Å². The Labute approximate surface area is 137 Å². The summed E-state index contributed by atoms with van der Waals surface area (Å²) in [6.45, 7) is 0.811. The van der Waals surface area contributed by atoms with Gasteiger partial charge in [0, 0.05) is 6.54 Å². The molecule has 0 spiro atoms. The van der Waals surface area contributed by atoms with Gasteiger partial charge in [-0.15, -0.1) is 0 Å². The second kappa shape index (κ2) is 6.16. The Hall–Kier alpha value is -2.54. The van der Waals surface area contributed by atoms with E-state index in [9.17, 15) is 18.0 Å². The second-order valence-corrected chi connectivity index (χ2v) is 5.49. The van der Waals surface area contributed by atoms with Crippen molar-refractivity contribution >= 4 is 23.0 Å². The molecule has 2 aromatic carbocycles. The SMILES string of the molecule is NCCCN1c2ccccc2NC(=O)c2ccc(C(F)(F)F)cc21. The minimum Gasteiger partial charge on any atom is -0.339 e. The maximum absolute atomic E-state index is 13.1. The van der Waals surface area contributed by atoms with Crippen LogP contribution in [0, 0.1) is 0 Å². The number of para-hydroxylation sites is 2. The largest absolute Gasteiger partial charge is 0.416 e. The van der Waals surface area contributed by atoms with Gasteiger partial charge in [-0.2, -0.15) is 13.2 Å². The monoisotopic (exact) mass is 335 g/mol. The third-order valence-corrected chi connectivity index (χ3v) is 3.89. The molecule has 1 amide bonds. The van der Waals surface area contributed by atoms with Crippen molar-refractivity contribution in [1.29, 1.82) is 0 Å². The molecule has 7 heteroatoms. The summed E-state index contributed by atoms with van der Waals surface area (Å²) < 4.78 is 39.3. The number of amides is 1. The summed E-state index contributed by atoms with van der Waals surface area (Å²) in [6.07, 6.45) is -3.89. The normalized spacial score (nSPS) is 13.8. The van der Waals surface area contributed by atoms with Crippen molar-refractivity contribution < 1.29 is 18.0 Å². The number of nitrogens with one attached hydrogen (secondary N) is 1. The minimum absolute atomic E-state index is 0.205. The number of fused-ring (bicyclic) bond motifs is 2. The van der Waals surface area contributed by atoms with Crippen LogP contribution in [0.15, 0.2) is 42.5 Å². The van der Waals surface area contributed by atoms with E-state index in [1.54, 1.807) is 29.2 Å². The molecule has 1 aliphatic heterocycles. The van der Waals surface area contributed by atoms with Crippen LogP contribution in [0.1, 0.15) is 22.3 Å². The molecule has 2 aromatic rings. The number of carbonyl (C=O) groups is 1. The lowest BCUT2D eigenvalue weighted by Gasteiger charge is -2.26. The van der Waals surface area contributed by atoms with Crippen molar-refractivity contribution in [2.24, 2.45) is 5.73 Å². The van der Waals surface area contributed by atoms with Gasteiger partial charge in [-0.3, -0.25) is 4.79 Å². The Bertz CT molecular complexity index is 774. The van der Waals surface area contributed by atoms with E-state index in [2.05, 4.69) is 5.32 Å². The van der Waals surface area contributed by atoms with Gasteiger partial charge in [-0.1, -0.05) is 12.1 Å². The van der Waals surface area contributed by atoms with Crippen molar-refractivity contribution in [2.45, 2.75) is 12.6 Å². The highest BCUT2D eigenvalue weighted by molar-refractivity contribution is 6.12. The van der Waals surface area contributed by atoms with Crippen LogP contribution in [0.25, 0.3) is 0 Å². The van der Waals surface area contributed by atoms with Crippen LogP contribution in [-0.2, 0) is 6.18 Å². The van der Waals surface area contributed by atoms with Crippen LogP contribution in [0.3, 0.4) is 0 Å². The summed E-state index contributed by atoms with van der Waals surface area (Å²) in [6, 6.07) is 10.2. The van der Waals surface area contributed by atoms with Crippen LogP contribution < -0.4 is 16.0 Å². The number of halogens is 3. The quantitative estimate of drug-likeness (QED) is 0.898. The molecule has 126 valence electrons. The molecule has 0 saturated heterocycles. The highest BCUT2D eigenvalue weighted by atomic mass is 19.4. The van der Waals surface area contributed by atoms with Gasteiger partial charge in [0.25, 0.3) is 5.91 Å². The van der Waals surface area contributed by atoms with E-state index in [1.807, 2.05) is 0 Å². The zero-order chi connectivity index (χ0) is 17.3. The first kappa shape index (κ1) is 16.3. The Morgan fingerprint density at radius 2 is 1.83 bits per heavy atom. The Morgan fingerprint density at radius 3 is 2.54 bits per heavy atom. The molecular formula is C17H16F3N3O.